The summed E-state index contributed by atoms with van der Waals surface area (Å²) in [5, 5.41) is 0. The SMILES string of the molecule is CC(C)C1=CC([Si](C2CCCCC2)(C2CCCCC2)C2C=C(C(C)C)C=C2C(C)C)C(C(C)C)=C1. The zero-order valence-corrected chi connectivity index (χ0v) is 25.5. The topological polar surface area (TPSA) is 0 Å². The molecule has 0 aliphatic heterocycles. The first-order valence-electron chi connectivity index (χ1n) is 15.5. The molecule has 0 heterocycles. The molecule has 0 nitrogen and oxygen atoms in total. The highest BCUT2D eigenvalue weighted by atomic mass is 28.3. The van der Waals surface area contributed by atoms with E-state index in [0.717, 1.165) is 22.2 Å². The van der Waals surface area contributed by atoms with Gasteiger partial charge in [-0.05, 0) is 57.0 Å². The van der Waals surface area contributed by atoms with Crippen LogP contribution in [0.15, 0.2) is 46.6 Å². The molecule has 35 heavy (non-hydrogen) atoms. The predicted molar refractivity (Wildman–Crippen MR) is 159 cm³/mol. The van der Waals surface area contributed by atoms with E-state index in [1.54, 1.807) is 11.1 Å². The van der Waals surface area contributed by atoms with Crippen molar-refractivity contribution in [2.45, 2.75) is 142 Å². The fourth-order valence-electron chi connectivity index (χ4n) is 8.62. The predicted octanol–water partition coefficient (Wildman–Crippen LogP) is 11.2. The Morgan fingerprint density at radius 1 is 0.514 bits per heavy atom. The van der Waals surface area contributed by atoms with Crippen molar-refractivity contribution < 1.29 is 0 Å². The molecule has 0 aromatic carbocycles. The van der Waals surface area contributed by atoms with Gasteiger partial charge >= 0.3 is 0 Å². The Morgan fingerprint density at radius 2 is 0.857 bits per heavy atom. The second-order valence-electron chi connectivity index (χ2n) is 13.9. The highest BCUT2D eigenvalue weighted by Gasteiger charge is 2.59. The molecular formula is C34H56Si. The summed E-state index contributed by atoms with van der Waals surface area (Å²) in [5.74, 6) is 2.60. The highest BCUT2D eigenvalue weighted by molar-refractivity contribution is 6.87. The van der Waals surface area contributed by atoms with E-state index in [-0.39, 0.29) is 0 Å². The summed E-state index contributed by atoms with van der Waals surface area (Å²) in [5.41, 5.74) is 10.4. The van der Waals surface area contributed by atoms with Crippen molar-refractivity contribution in [3.63, 3.8) is 0 Å². The Labute approximate surface area is 219 Å². The van der Waals surface area contributed by atoms with Crippen LogP contribution in [-0.2, 0) is 0 Å². The van der Waals surface area contributed by atoms with Crippen LogP contribution >= 0.6 is 0 Å². The molecular weight excluding hydrogens is 436 g/mol. The molecule has 196 valence electrons. The van der Waals surface area contributed by atoms with Gasteiger partial charge in [-0.25, -0.2) is 0 Å². The minimum Gasteiger partial charge on any atom is -0.0765 e. The van der Waals surface area contributed by atoms with Gasteiger partial charge in [0.05, 0.1) is 8.07 Å². The Hall–Kier alpha value is -0.823. The number of rotatable bonds is 8. The van der Waals surface area contributed by atoms with Crippen LogP contribution < -0.4 is 0 Å². The summed E-state index contributed by atoms with van der Waals surface area (Å²) < 4.78 is 0. The lowest BCUT2D eigenvalue weighted by Crippen LogP contribution is -2.54. The summed E-state index contributed by atoms with van der Waals surface area (Å²) in [6.45, 7) is 19.7. The number of hydrogen-bond acceptors (Lipinski definition) is 0. The minimum absolute atomic E-state index is 0.642. The largest absolute Gasteiger partial charge is 0.0826 e. The molecule has 0 aromatic heterocycles. The normalized spacial score (nSPS) is 27.2. The van der Waals surface area contributed by atoms with Crippen LogP contribution in [-0.4, -0.2) is 8.07 Å². The molecule has 1 heteroatoms. The average Bonchev–Trinajstić information content (AvgIpc) is 3.48. The molecule has 0 amide bonds. The van der Waals surface area contributed by atoms with Crippen molar-refractivity contribution >= 4 is 8.07 Å². The van der Waals surface area contributed by atoms with Crippen LogP contribution in [0, 0.1) is 23.7 Å². The molecule has 0 aromatic rings. The lowest BCUT2D eigenvalue weighted by atomic mass is 9.98. The summed E-state index contributed by atoms with van der Waals surface area (Å²) in [4.78, 5) is 0. The Morgan fingerprint density at radius 3 is 1.14 bits per heavy atom. The molecule has 0 bridgehead atoms. The lowest BCUT2D eigenvalue weighted by Gasteiger charge is -2.56. The second kappa shape index (κ2) is 11.3. The molecule has 2 fully saturated rings. The molecule has 0 N–H and O–H groups in total. The molecule has 2 unspecified atom stereocenters. The molecule has 4 aliphatic carbocycles. The molecule has 0 saturated heterocycles. The van der Waals surface area contributed by atoms with E-state index in [1.807, 2.05) is 11.1 Å². The Bertz CT molecular complexity index is 777. The maximum absolute atomic E-state index is 2.88. The highest BCUT2D eigenvalue weighted by Crippen LogP contribution is 2.66. The van der Waals surface area contributed by atoms with Crippen LogP contribution in [0.3, 0.4) is 0 Å². The average molecular weight is 493 g/mol. The molecule has 2 atom stereocenters. The van der Waals surface area contributed by atoms with Gasteiger partial charge in [-0.15, -0.1) is 0 Å². The molecule has 0 spiro atoms. The molecule has 0 radical (unpaired) electrons. The number of allylic oxidation sites excluding steroid dienone is 8. The van der Waals surface area contributed by atoms with Crippen LogP contribution in [0.2, 0.25) is 22.2 Å². The third-order valence-electron chi connectivity index (χ3n) is 10.5. The number of hydrogen-bond donors (Lipinski definition) is 0. The van der Waals surface area contributed by atoms with Gasteiger partial charge in [0.2, 0.25) is 0 Å². The lowest BCUT2D eigenvalue weighted by molar-refractivity contribution is 0.441. The Balaban J connectivity index is 1.98. The Kier molecular flexibility index (Phi) is 8.77. The maximum atomic E-state index is 2.88. The van der Waals surface area contributed by atoms with E-state index in [4.69, 9.17) is 0 Å². The van der Waals surface area contributed by atoms with Gasteiger partial charge in [0.25, 0.3) is 0 Å². The quantitative estimate of drug-likeness (QED) is 0.295. The minimum atomic E-state index is -1.84. The third-order valence-corrected chi connectivity index (χ3v) is 17.6. The van der Waals surface area contributed by atoms with Crippen molar-refractivity contribution in [1.29, 1.82) is 0 Å². The molecule has 4 rings (SSSR count). The second-order valence-corrected chi connectivity index (χ2v) is 18.7. The molecule has 2 saturated carbocycles. The third kappa shape index (κ3) is 5.14. The van der Waals surface area contributed by atoms with Crippen molar-refractivity contribution in [3.8, 4) is 0 Å². The zero-order chi connectivity index (χ0) is 25.3. The van der Waals surface area contributed by atoms with E-state index in [1.165, 1.54) is 64.2 Å². The zero-order valence-electron chi connectivity index (χ0n) is 24.5. The van der Waals surface area contributed by atoms with E-state index in [2.05, 4.69) is 79.7 Å². The molecule has 4 aliphatic rings. The van der Waals surface area contributed by atoms with Gasteiger partial charge in [-0.1, -0.05) is 155 Å². The van der Waals surface area contributed by atoms with Crippen LogP contribution in [0.25, 0.3) is 0 Å². The first-order valence-corrected chi connectivity index (χ1v) is 17.8. The van der Waals surface area contributed by atoms with Crippen molar-refractivity contribution in [3.05, 3.63) is 46.6 Å². The van der Waals surface area contributed by atoms with Gasteiger partial charge in [-0.3, -0.25) is 0 Å². The standard InChI is InChI=1S/C34H56Si/c1-23(2)27-19-31(25(5)6)33(21-27)35(29-15-11-9-12-16-29,30-17-13-10-14-18-30)34-22-28(24(3)4)20-32(34)26(7)8/h19-26,29-30,33-34H,9-18H2,1-8H3. The van der Waals surface area contributed by atoms with Gasteiger partial charge < -0.3 is 0 Å². The summed E-state index contributed by atoms with van der Waals surface area (Å²) >= 11 is 0. The van der Waals surface area contributed by atoms with Gasteiger partial charge in [0, 0.05) is 0 Å². The van der Waals surface area contributed by atoms with Crippen LogP contribution in [0.5, 0.6) is 0 Å². The van der Waals surface area contributed by atoms with Gasteiger partial charge in [0.1, 0.15) is 0 Å². The van der Waals surface area contributed by atoms with Crippen molar-refractivity contribution in [2.75, 3.05) is 0 Å². The fraction of sp³-hybridized carbons (Fsp3) is 0.765. The summed E-state index contributed by atoms with van der Waals surface area (Å²) in [7, 11) is -1.84. The fourth-order valence-corrected chi connectivity index (χ4v) is 17.5. The first kappa shape index (κ1) is 27.2. The van der Waals surface area contributed by atoms with Crippen LogP contribution in [0.4, 0.5) is 0 Å². The summed E-state index contributed by atoms with van der Waals surface area (Å²) in [6.07, 6.45) is 26.1. The van der Waals surface area contributed by atoms with Gasteiger partial charge in [0.15, 0.2) is 0 Å². The monoisotopic (exact) mass is 492 g/mol. The van der Waals surface area contributed by atoms with E-state index in [9.17, 15) is 0 Å². The first-order chi connectivity index (χ1) is 16.7. The van der Waals surface area contributed by atoms with E-state index in [0.29, 0.717) is 23.7 Å². The smallest absolute Gasteiger partial charge is 0.0765 e. The van der Waals surface area contributed by atoms with Crippen molar-refractivity contribution in [2.24, 2.45) is 23.7 Å². The van der Waals surface area contributed by atoms with Crippen LogP contribution in [0.1, 0.15) is 120 Å². The maximum Gasteiger partial charge on any atom is 0.0826 e. The summed E-state index contributed by atoms with van der Waals surface area (Å²) in [6, 6.07) is 0. The van der Waals surface area contributed by atoms with E-state index < -0.39 is 8.07 Å². The van der Waals surface area contributed by atoms with E-state index >= 15 is 0 Å². The van der Waals surface area contributed by atoms with Gasteiger partial charge in [-0.2, -0.15) is 0 Å². The van der Waals surface area contributed by atoms with Crippen molar-refractivity contribution in [1.82, 2.24) is 0 Å².